The molecule has 2 heterocycles. The Morgan fingerprint density at radius 3 is 2.54 bits per heavy atom. The summed E-state index contributed by atoms with van der Waals surface area (Å²) in [6.07, 6.45) is 2.65. The molecule has 0 aliphatic carbocycles. The van der Waals surface area contributed by atoms with Crippen LogP contribution in [0.5, 0.6) is 0 Å². The van der Waals surface area contributed by atoms with Gasteiger partial charge in [-0.25, -0.2) is 0 Å². The number of aromatic nitrogens is 2. The Hall–Kier alpha value is -2.15. The van der Waals surface area contributed by atoms with Gasteiger partial charge in [-0.2, -0.15) is 5.10 Å². The van der Waals surface area contributed by atoms with Gasteiger partial charge in [0.05, 0.1) is 0 Å². The minimum atomic E-state index is -0.0355. The molecular formula is C19H32N6O. The maximum absolute atomic E-state index is 12.6. The zero-order chi connectivity index (χ0) is 19.4. The average molecular weight is 361 g/mol. The molecule has 0 saturated heterocycles. The SMILES string of the molecule is CCCn1nc(C(=O)N(C)C)c2c1CCN(CC/C(C(C)=N)=C(\C)N)C2. The van der Waals surface area contributed by atoms with E-state index in [0.29, 0.717) is 11.4 Å². The molecule has 1 aliphatic rings. The number of rotatable bonds is 7. The summed E-state index contributed by atoms with van der Waals surface area (Å²) in [5.74, 6) is -0.0355. The van der Waals surface area contributed by atoms with Crippen LogP contribution >= 0.6 is 0 Å². The highest BCUT2D eigenvalue weighted by Gasteiger charge is 2.28. The van der Waals surface area contributed by atoms with Crippen LogP contribution in [-0.2, 0) is 19.5 Å². The second-order valence-electron chi connectivity index (χ2n) is 7.26. The molecule has 0 fully saturated rings. The van der Waals surface area contributed by atoms with Crippen LogP contribution in [0.3, 0.4) is 0 Å². The number of allylic oxidation sites excluding steroid dienone is 1. The van der Waals surface area contributed by atoms with Crippen molar-refractivity contribution in [2.24, 2.45) is 5.73 Å². The van der Waals surface area contributed by atoms with Gasteiger partial charge in [0.25, 0.3) is 5.91 Å². The summed E-state index contributed by atoms with van der Waals surface area (Å²) in [7, 11) is 3.53. The van der Waals surface area contributed by atoms with E-state index in [2.05, 4.69) is 16.9 Å². The largest absolute Gasteiger partial charge is 0.402 e. The Morgan fingerprint density at radius 1 is 1.31 bits per heavy atom. The molecule has 7 nitrogen and oxygen atoms in total. The van der Waals surface area contributed by atoms with E-state index in [1.807, 2.05) is 11.6 Å². The molecule has 0 radical (unpaired) electrons. The average Bonchev–Trinajstić information content (AvgIpc) is 2.92. The lowest BCUT2D eigenvalue weighted by atomic mass is 10.0. The number of fused-ring (bicyclic) bond motifs is 1. The minimum absolute atomic E-state index is 0.0355. The molecule has 0 unspecified atom stereocenters. The third-order valence-corrected chi connectivity index (χ3v) is 4.86. The van der Waals surface area contributed by atoms with Crippen molar-refractivity contribution < 1.29 is 4.79 Å². The van der Waals surface area contributed by atoms with E-state index in [-0.39, 0.29) is 5.91 Å². The van der Waals surface area contributed by atoms with Crippen molar-refractivity contribution >= 4 is 11.6 Å². The van der Waals surface area contributed by atoms with Crippen molar-refractivity contribution in [2.45, 2.75) is 53.1 Å². The molecule has 0 spiro atoms. The number of carbonyl (C=O) groups is 1. The highest BCUT2D eigenvalue weighted by molar-refractivity contribution is 5.96. The molecule has 3 N–H and O–H groups in total. The lowest BCUT2D eigenvalue weighted by Gasteiger charge is -2.28. The smallest absolute Gasteiger partial charge is 0.274 e. The maximum atomic E-state index is 12.6. The van der Waals surface area contributed by atoms with Crippen molar-refractivity contribution in [1.82, 2.24) is 19.6 Å². The van der Waals surface area contributed by atoms with E-state index in [1.54, 1.807) is 25.9 Å². The lowest BCUT2D eigenvalue weighted by Crippen LogP contribution is -2.34. The molecule has 7 heteroatoms. The van der Waals surface area contributed by atoms with Crippen LogP contribution in [0.4, 0.5) is 0 Å². The van der Waals surface area contributed by atoms with Gasteiger partial charge in [-0.05, 0) is 32.3 Å². The van der Waals surface area contributed by atoms with Gasteiger partial charge < -0.3 is 16.0 Å². The second-order valence-corrected chi connectivity index (χ2v) is 7.26. The third kappa shape index (κ3) is 4.33. The second kappa shape index (κ2) is 8.49. The van der Waals surface area contributed by atoms with Gasteiger partial charge >= 0.3 is 0 Å². The first kappa shape index (κ1) is 20.2. The molecule has 1 aromatic heterocycles. The molecule has 1 aromatic rings. The molecule has 2 rings (SSSR count). The first-order valence-electron chi connectivity index (χ1n) is 9.29. The molecule has 1 aliphatic heterocycles. The molecule has 0 saturated carbocycles. The van der Waals surface area contributed by atoms with Crippen molar-refractivity contribution in [3.05, 3.63) is 28.2 Å². The first-order chi connectivity index (χ1) is 12.3. The van der Waals surface area contributed by atoms with Crippen LogP contribution in [0, 0.1) is 5.41 Å². The number of nitrogens with two attached hydrogens (primary N) is 1. The quantitative estimate of drug-likeness (QED) is 0.728. The van der Waals surface area contributed by atoms with Gasteiger partial charge in [0, 0.05) is 69.4 Å². The Labute approximate surface area is 156 Å². The predicted octanol–water partition coefficient (Wildman–Crippen LogP) is 2.02. The van der Waals surface area contributed by atoms with E-state index in [9.17, 15) is 4.79 Å². The lowest BCUT2D eigenvalue weighted by molar-refractivity contribution is 0.0818. The molecule has 0 atom stereocenters. The zero-order valence-corrected chi connectivity index (χ0v) is 16.7. The van der Waals surface area contributed by atoms with Crippen molar-refractivity contribution in [1.29, 1.82) is 5.41 Å². The first-order valence-corrected chi connectivity index (χ1v) is 9.29. The minimum Gasteiger partial charge on any atom is -0.402 e. The van der Waals surface area contributed by atoms with Crippen molar-refractivity contribution in [3.8, 4) is 0 Å². The maximum Gasteiger partial charge on any atom is 0.274 e. The molecule has 1 amide bonds. The summed E-state index contributed by atoms with van der Waals surface area (Å²) in [6, 6.07) is 0. The van der Waals surface area contributed by atoms with Crippen LogP contribution in [0.2, 0.25) is 0 Å². The number of amides is 1. The summed E-state index contributed by atoms with van der Waals surface area (Å²) >= 11 is 0. The Balaban J connectivity index is 2.21. The van der Waals surface area contributed by atoms with Gasteiger partial charge in [0.15, 0.2) is 5.69 Å². The summed E-state index contributed by atoms with van der Waals surface area (Å²) in [5.41, 5.74) is 10.9. The van der Waals surface area contributed by atoms with E-state index < -0.39 is 0 Å². The molecule has 0 bridgehead atoms. The number of hydrogen-bond donors (Lipinski definition) is 2. The van der Waals surface area contributed by atoms with E-state index >= 15 is 0 Å². The van der Waals surface area contributed by atoms with Crippen molar-refractivity contribution in [3.63, 3.8) is 0 Å². The summed E-state index contributed by atoms with van der Waals surface area (Å²) in [5, 5.41) is 12.5. The van der Waals surface area contributed by atoms with E-state index in [0.717, 1.165) is 62.3 Å². The third-order valence-electron chi connectivity index (χ3n) is 4.86. The van der Waals surface area contributed by atoms with Gasteiger partial charge in [0.1, 0.15) is 0 Å². The number of nitrogens with one attached hydrogen (secondary N) is 1. The monoisotopic (exact) mass is 360 g/mol. The number of aryl methyl sites for hydroxylation is 1. The van der Waals surface area contributed by atoms with Crippen molar-refractivity contribution in [2.75, 3.05) is 27.2 Å². The molecule has 26 heavy (non-hydrogen) atoms. The van der Waals surface area contributed by atoms with Crippen LogP contribution in [0.25, 0.3) is 0 Å². The summed E-state index contributed by atoms with van der Waals surface area (Å²) in [4.78, 5) is 16.5. The standard InChI is InChI=1S/C19H32N6O/c1-6-9-25-17-8-11-24(10-7-15(13(2)20)14(3)21)12-16(17)18(22-25)19(26)23(4)5/h20H,6-12,21H2,1-5H3/b15-14-,20-13?. The highest BCUT2D eigenvalue weighted by atomic mass is 16.2. The molecule has 0 aromatic carbocycles. The normalized spacial score (nSPS) is 15.4. The van der Waals surface area contributed by atoms with Gasteiger partial charge in [-0.1, -0.05) is 6.92 Å². The van der Waals surface area contributed by atoms with Crippen LogP contribution in [-0.4, -0.2) is 58.4 Å². The highest BCUT2D eigenvalue weighted by Crippen LogP contribution is 2.24. The van der Waals surface area contributed by atoms with Crippen LogP contribution in [0.1, 0.15) is 55.4 Å². The van der Waals surface area contributed by atoms with Gasteiger partial charge in [-0.15, -0.1) is 0 Å². The number of hydrogen-bond acceptors (Lipinski definition) is 5. The van der Waals surface area contributed by atoms with Gasteiger partial charge in [-0.3, -0.25) is 14.4 Å². The van der Waals surface area contributed by atoms with E-state index in [4.69, 9.17) is 11.1 Å². The zero-order valence-electron chi connectivity index (χ0n) is 16.7. The van der Waals surface area contributed by atoms with Crippen LogP contribution < -0.4 is 5.73 Å². The van der Waals surface area contributed by atoms with E-state index in [1.165, 1.54) is 5.69 Å². The number of nitrogens with zero attached hydrogens (tertiary/aromatic N) is 4. The topological polar surface area (TPSA) is 91.2 Å². The fourth-order valence-corrected chi connectivity index (χ4v) is 3.47. The summed E-state index contributed by atoms with van der Waals surface area (Å²) in [6.45, 7) is 9.09. The molecule has 144 valence electrons. The van der Waals surface area contributed by atoms with Gasteiger partial charge in [0.2, 0.25) is 0 Å². The predicted molar refractivity (Wildman–Crippen MR) is 104 cm³/mol. The van der Waals surface area contributed by atoms with Crippen LogP contribution in [0.15, 0.2) is 11.3 Å². The number of carbonyl (C=O) groups excluding carboxylic acids is 1. The fraction of sp³-hybridized carbons (Fsp3) is 0.632. The Kier molecular flexibility index (Phi) is 6.58. The Bertz CT molecular complexity index is 712. The molecular weight excluding hydrogens is 328 g/mol. The summed E-state index contributed by atoms with van der Waals surface area (Å²) < 4.78 is 2.01. The Morgan fingerprint density at radius 2 is 2.00 bits per heavy atom. The fourth-order valence-electron chi connectivity index (χ4n) is 3.47.